The molecule has 0 saturated heterocycles. The highest BCUT2D eigenvalue weighted by atomic mass is 16.5. The van der Waals surface area contributed by atoms with Gasteiger partial charge in [-0.3, -0.25) is 9.59 Å². The Morgan fingerprint density at radius 1 is 1.39 bits per heavy atom. The maximum absolute atomic E-state index is 12.2. The number of aryl methyl sites for hydroxylation is 2. The summed E-state index contributed by atoms with van der Waals surface area (Å²) in [4.78, 5) is 24.6. The van der Waals surface area contributed by atoms with Crippen molar-refractivity contribution in [1.29, 1.82) is 0 Å². The van der Waals surface area contributed by atoms with Crippen molar-refractivity contribution in [2.75, 3.05) is 11.9 Å². The van der Waals surface area contributed by atoms with Crippen LogP contribution in [0.4, 0.5) is 5.69 Å². The molecule has 96 valence electrons. The number of anilines is 1. The van der Waals surface area contributed by atoms with E-state index in [4.69, 9.17) is 4.52 Å². The van der Waals surface area contributed by atoms with Gasteiger partial charge >= 0.3 is 0 Å². The maximum atomic E-state index is 12.2. The van der Waals surface area contributed by atoms with Crippen LogP contribution in [0.5, 0.6) is 0 Å². The molecule has 0 fully saturated rings. The lowest BCUT2D eigenvalue weighted by Crippen LogP contribution is -2.38. The molecule has 0 radical (unpaired) electrons. The molecule has 1 aliphatic rings. The van der Waals surface area contributed by atoms with Crippen molar-refractivity contribution in [2.24, 2.45) is 5.10 Å². The van der Waals surface area contributed by atoms with Gasteiger partial charge in [-0.15, -0.1) is 0 Å². The van der Waals surface area contributed by atoms with E-state index >= 15 is 0 Å². The zero-order chi connectivity index (χ0) is 13.3. The molecule has 0 aliphatic carbocycles. The third-order valence-electron chi connectivity index (χ3n) is 2.79. The Morgan fingerprint density at radius 3 is 2.61 bits per heavy atom. The lowest BCUT2D eigenvalue weighted by Gasteiger charge is -2.19. The predicted molar refractivity (Wildman–Crippen MR) is 64.2 cm³/mol. The maximum Gasteiger partial charge on any atom is 0.274 e. The summed E-state index contributed by atoms with van der Waals surface area (Å²) >= 11 is 0. The normalized spacial score (nSPS) is 15.1. The Morgan fingerprint density at radius 2 is 2.11 bits per heavy atom. The molecule has 0 bridgehead atoms. The van der Waals surface area contributed by atoms with Crippen LogP contribution in [0.1, 0.15) is 24.3 Å². The van der Waals surface area contributed by atoms with Crippen LogP contribution >= 0.6 is 0 Å². The molecule has 7 heteroatoms. The first-order valence-corrected chi connectivity index (χ1v) is 5.57. The van der Waals surface area contributed by atoms with Crippen molar-refractivity contribution < 1.29 is 14.1 Å². The Balaban J connectivity index is 2.22. The molecule has 1 aliphatic heterocycles. The quantitative estimate of drug-likeness (QED) is 0.828. The highest BCUT2D eigenvalue weighted by Gasteiger charge is 2.25. The number of hydrazone groups is 1. The lowest BCUT2D eigenvalue weighted by atomic mass is 10.1. The molecular weight excluding hydrogens is 236 g/mol. The average molecular weight is 250 g/mol. The van der Waals surface area contributed by atoms with E-state index in [0.717, 1.165) is 0 Å². The molecule has 2 heterocycles. The van der Waals surface area contributed by atoms with E-state index in [0.29, 0.717) is 29.3 Å². The molecule has 18 heavy (non-hydrogen) atoms. The van der Waals surface area contributed by atoms with Gasteiger partial charge in [0.25, 0.3) is 5.91 Å². The largest absolute Gasteiger partial charge is 0.359 e. The van der Waals surface area contributed by atoms with Gasteiger partial charge in [0.05, 0.1) is 0 Å². The first-order valence-electron chi connectivity index (χ1n) is 5.57. The van der Waals surface area contributed by atoms with Crippen LogP contribution in [-0.4, -0.2) is 29.7 Å². The molecule has 2 amide bonds. The van der Waals surface area contributed by atoms with E-state index < -0.39 is 0 Å². The van der Waals surface area contributed by atoms with Gasteiger partial charge in [-0.2, -0.15) is 5.10 Å². The van der Waals surface area contributed by atoms with Gasteiger partial charge < -0.3 is 9.42 Å². The van der Waals surface area contributed by atoms with Crippen LogP contribution in [0.25, 0.3) is 0 Å². The van der Waals surface area contributed by atoms with Gasteiger partial charge in [-0.25, -0.2) is 5.43 Å². The van der Waals surface area contributed by atoms with Gasteiger partial charge in [-0.05, 0) is 13.8 Å². The van der Waals surface area contributed by atoms with Crippen molar-refractivity contribution in [1.82, 2.24) is 10.6 Å². The summed E-state index contributed by atoms with van der Waals surface area (Å²) in [7, 11) is 1.63. The Kier molecular flexibility index (Phi) is 3.14. The lowest BCUT2D eigenvalue weighted by molar-refractivity contribution is -0.121. The summed E-state index contributed by atoms with van der Waals surface area (Å²) in [6.45, 7) is 3.50. The number of hydrogen-bond acceptors (Lipinski definition) is 5. The van der Waals surface area contributed by atoms with Gasteiger partial charge in [0.2, 0.25) is 5.91 Å². The van der Waals surface area contributed by atoms with Crippen LogP contribution in [-0.2, 0) is 9.59 Å². The standard InChI is InChI=1S/C11H14N4O3/c1-6-10(7(2)18-14-6)15(3)11(17)8-4-5-9(16)13-12-8/h4-5H2,1-3H3,(H,13,16). The number of carbonyl (C=O) groups excluding carboxylic acids is 2. The fourth-order valence-corrected chi connectivity index (χ4v) is 1.88. The number of nitrogens with zero attached hydrogens (tertiary/aromatic N) is 3. The molecule has 1 aromatic rings. The molecular formula is C11H14N4O3. The fraction of sp³-hybridized carbons (Fsp3) is 0.455. The molecule has 1 aromatic heterocycles. The average Bonchev–Trinajstić information content (AvgIpc) is 2.68. The molecule has 0 spiro atoms. The Hall–Kier alpha value is -2.18. The highest BCUT2D eigenvalue weighted by Crippen LogP contribution is 2.23. The van der Waals surface area contributed by atoms with Crippen molar-refractivity contribution >= 4 is 23.2 Å². The summed E-state index contributed by atoms with van der Waals surface area (Å²) in [6, 6.07) is 0. The minimum Gasteiger partial charge on any atom is -0.359 e. The number of carbonyl (C=O) groups is 2. The zero-order valence-electron chi connectivity index (χ0n) is 10.5. The van der Waals surface area contributed by atoms with Gasteiger partial charge in [0.15, 0.2) is 5.76 Å². The van der Waals surface area contributed by atoms with E-state index in [1.165, 1.54) is 4.90 Å². The summed E-state index contributed by atoms with van der Waals surface area (Å²) < 4.78 is 5.02. The number of hydrogen-bond donors (Lipinski definition) is 1. The molecule has 0 saturated carbocycles. The Labute approximate surface area is 104 Å². The van der Waals surface area contributed by atoms with E-state index in [1.54, 1.807) is 20.9 Å². The zero-order valence-corrected chi connectivity index (χ0v) is 10.5. The van der Waals surface area contributed by atoms with Crippen LogP contribution in [0.15, 0.2) is 9.62 Å². The molecule has 0 atom stereocenters. The molecule has 2 rings (SSSR count). The monoisotopic (exact) mass is 250 g/mol. The smallest absolute Gasteiger partial charge is 0.274 e. The first kappa shape index (κ1) is 12.3. The summed E-state index contributed by atoms with van der Waals surface area (Å²) in [5.41, 5.74) is 3.92. The molecule has 7 nitrogen and oxygen atoms in total. The van der Waals surface area contributed by atoms with Gasteiger partial charge in [0, 0.05) is 19.9 Å². The van der Waals surface area contributed by atoms with Crippen molar-refractivity contribution in [3.8, 4) is 0 Å². The minimum absolute atomic E-state index is 0.174. The highest BCUT2D eigenvalue weighted by molar-refractivity contribution is 6.44. The second-order valence-electron chi connectivity index (χ2n) is 4.13. The first-order chi connectivity index (χ1) is 8.50. The molecule has 0 unspecified atom stereocenters. The van der Waals surface area contributed by atoms with Crippen LogP contribution in [0.2, 0.25) is 0 Å². The topological polar surface area (TPSA) is 87.8 Å². The second kappa shape index (κ2) is 4.59. The molecule has 1 N–H and O–H groups in total. The fourth-order valence-electron chi connectivity index (χ4n) is 1.88. The van der Waals surface area contributed by atoms with Crippen LogP contribution < -0.4 is 10.3 Å². The minimum atomic E-state index is -0.260. The van der Waals surface area contributed by atoms with Crippen LogP contribution in [0.3, 0.4) is 0 Å². The van der Waals surface area contributed by atoms with E-state index in [9.17, 15) is 9.59 Å². The summed E-state index contributed by atoms with van der Waals surface area (Å²) in [6.07, 6.45) is 0.623. The third-order valence-corrected chi connectivity index (χ3v) is 2.79. The Bertz CT molecular complexity index is 513. The number of amides is 2. The molecule has 0 aromatic carbocycles. The number of aromatic nitrogens is 1. The number of nitrogens with one attached hydrogen (secondary N) is 1. The summed E-state index contributed by atoms with van der Waals surface area (Å²) in [5.74, 6) is 0.139. The SMILES string of the molecule is Cc1noc(C)c1N(C)C(=O)C1=NNC(=O)CC1. The van der Waals surface area contributed by atoms with Gasteiger partial charge in [0.1, 0.15) is 17.1 Å². The van der Waals surface area contributed by atoms with Gasteiger partial charge in [-0.1, -0.05) is 5.16 Å². The third kappa shape index (κ3) is 2.11. The van der Waals surface area contributed by atoms with Crippen LogP contribution in [0, 0.1) is 13.8 Å². The van der Waals surface area contributed by atoms with E-state index in [-0.39, 0.29) is 18.2 Å². The van der Waals surface area contributed by atoms with Crippen molar-refractivity contribution in [2.45, 2.75) is 26.7 Å². The van der Waals surface area contributed by atoms with Crippen molar-refractivity contribution in [3.63, 3.8) is 0 Å². The predicted octanol–water partition coefficient (Wildman–Crippen LogP) is 0.520. The van der Waals surface area contributed by atoms with Crippen molar-refractivity contribution in [3.05, 3.63) is 11.5 Å². The summed E-state index contributed by atoms with van der Waals surface area (Å²) in [5, 5.41) is 7.57. The number of rotatable bonds is 2. The van der Waals surface area contributed by atoms with E-state index in [2.05, 4.69) is 15.7 Å². The van der Waals surface area contributed by atoms with E-state index in [1.807, 2.05) is 0 Å². The second-order valence-corrected chi connectivity index (χ2v) is 4.13.